The second-order valence-corrected chi connectivity index (χ2v) is 12.8. The van der Waals surface area contributed by atoms with Crippen LogP contribution in [0.15, 0.2) is 80.5 Å². The Labute approximate surface area is 257 Å². The summed E-state index contributed by atoms with van der Waals surface area (Å²) in [5, 5.41) is 6.60. The van der Waals surface area contributed by atoms with Crippen molar-refractivity contribution >= 4 is 62.1 Å². The van der Waals surface area contributed by atoms with Gasteiger partial charge >= 0.3 is 0 Å². The molecule has 1 aromatic heterocycles. The van der Waals surface area contributed by atoms with Gasteiger partial charge in [-0.25, -0.2) is 0 Å². The average Bonchev–Trinajstić information content (AvgIpc) is 3.22. The van der Waals surface area contributed by atoms with Crippen LogP contribution < -0.4 is 21.3 Å². The van der Waals surface area contributed by atoms with Gasteiger partial charge in [0, 0.05) is 40.1 Å². The van der Waals surface area contributed by atoms with Crippen molar-refractivity contribution in [1.29, 1.82) is 0 Å². The van der Waals surface area contributed by atoms with Crippen molar-refractivity contribution in [2.45, 2.75) is 50.2 Å². The maximum atomic E-state index is 13.9. The molecule has 0 bridgehead atoms. The fourth-order valence-electron chi connectivity index (χ4n) is 4.98. The van der Waals surface area contributed by atoms with Crippen LogP contribution in [-0.2, 0) is 16.1 Å². The molecular formula is C32H33BrN4O4S. The van der Waals surface area contributed by atoms with Gasteiger partial charge in [-0.3, -0.25) is 14.4 Å². The highest BCUT2D eigenvalue weighted by Crippen LogP contribution is 2.40. The standard InChI is InChI=1S/C32H33BrN4O4S/c1-4-35-30(39)21-10-6-5-9-20(21)29-28(33)22-15-19(13-14-25(22)41-29)17-37-24-11-7-8-12-26(24)42-18-23(31(37)40)36-27(38)16-32(2,3)34/h5-15,23H,4,16-18,34H2,1-3H3,(H,35,39)(H,36,38)/t23-/m0/s1. The molecule has 0 saturated heterocycles. The minimum Gasteiger partial charge on any atom is -0.455 e. The van der Waals surface area contributed by atoms with E-state index in [9.17, 15) is 14.4 Å². The van der Waals surface area contributed by atoms with E-state index >= 15 is 0 Å². The number of nitrogens with two attached hydrogens (primary N) is 1. The van der Waals surface area contributed by atoms with Gasteiger partial charge in [0.2, 0.25) is 5.91 Å². The molecule has 3 aromatic carbocycles. The summed E-state index contributed by atoms with van der Waals surface area (Å²) in [6.07, 6.45) is 0.116. The summed E-state index contributed by atoms with van der Waals surface area (Å²) in [7, 11) is 0. The highest BCUT2D eigenvalue weighted by molar-refractivity contribution is 9.10. The van der Waals surface area contributed by atoms with Crippen LogP contribution in [0.1, 0.15) is 43.1 Å². The molecule has 8 nitrogen and oxygen atoms in total. The summed E-state index contributed by atoms with van der Waals surface area (Å²) >= 11 is 5.26. The molecule has 0 fully saturated rings. The summed E-state index contributed by atoms with van der Waals surface area (Å²) < 4.78 is 6.95. The molecule has 3 amide bonds. The molecule has 0 aliphatic carbocycles. The second-order valence-electron chi connectivity index (χ2n) is 11.0. The van der Waals surface area contributed by atoms with Gasteiger partial charge < -0.3 is 25.7 Å². The predicted molar refractivity (Wildman–Crippen MR) is 171 cm³/mol. The van der Waals surface area contributed by atoms with E-state index in [-0.39, 0.29) is 24.1 Å². The van der Waals surface area contributed by atoms with Crippen molar-refractivity contribution < 1.29 is 18.8 Å². The first kappa shape index (κ1) is 29.9. The number of rotatable bonds is 8. The Kier molecular flexibility index (Phi) is 8.77. The zero-order chi connectivity index (χ0) is 30.0. The van der Waals surface area contributed by atoms with Gasteiger partial charge in [0.1, 0.15) is 17.4 Å². The van der Waals surface area contributed by atoms with Crippen molar-refractivity contribution in [3.05, 3.63) is 82.3 Å². The number of nitrogens with zero attached hydrogens (tertiary/aromatic N) is 1. The molecule has 1 aliphatic heterocycles. The Bertz CT molecular complexity index is 1660. The molecule has 0 radical (unpaired) electrons. The lowest BCUT2D eigenvalue weighted by Gasteiger charge is -2.27. The zero-order valence-electron chi connectivity index (χ0n) is 23.7. The molecule has 1 aliphatic rings. The number of anilines is 1. The van der Waals surface area contributed by atoms with Gasteiger partial charge in [-0.15, -0.1) is 11.8 Å². The first-order chi connectivity index (χ1) is 20.1. The number of amides is 3. The van der Waals surface area contributed by atoms with E-state index in [1.54, 1.807) is 36.6 Å². The van der Waals surface area contributed by atoms with E-state index in [0.29, 0.717) is 41.3 Å². The molecule has 5 rings (SSSR count). The second kappa shape index (κ2) is 12.3. The number of fused-ring (bicyclic) bond motifs is 2. The summed E-state index contributed by atoms with van der Waals surface area (Å²) in [6.45, 7) is 6.26. The SMILES string of the molecule is CCNC(=O)c1ccccc1-c1oc2ccc(CN3C(=O)[C@@H](NC(=O)CC(C)(C)N)CSc4ccccc43)cc2c1Br. The van der Waals surface area contributed by atoms with E-state index < -0.39 is 11.6 Å². The summed E-state index contributed by atoms with van der Waals surface area (Å²) in [6, 6.07) is 20.2. The van der Waals surface area contributed by atoms with E-state index in [4.69, 9.17) is 10.2 Å². The molecule has 0 spiro atoms. The van der Waals surface area contributed by atoms with Gasteiger partial charge in [-0.2, -0.15) is 0 Å². The monoisotopic (exact) mass is 648 g/mol. The van der Waals surface area contributed by atoms with E-state index in [0.717, 1.165) is 26.0 Å². The topological polar surface area (TPSA) is 118 Å². The van der Waals surface area contributed by atoms with Gasteiger partial charge in [-0.1, -0.05) is 36.4 Å². The van der Waals surface area contributed by atoms with Crippen LogP contribution in [0, 0.1) is 0 Å². The number of benzene rings is 3. The quantitative estimate of drug-likeness (QED) is 0.220. The van der Waals surface area contributed by atoms with Gasteiger partial charge in [0.15, 0.2) is 0 Å². The van der Waals surface area contributed by atoms with Crippen LogP contribution in [0.5, 0.6) is 0 Å². The fraction of sp³-hybridized carbons (Fsp3) is 0.281. The molecule has 4 N–H and O–H groups in total. The third-order valence-electron chi connectivity index (χ3n) is 6.86. The van der Waals surface area contributed by atoms with Crippen LogP contribution >= 0.6 is 27.7 Å². The minimum atomic E-state index is -0.695. The summed E-state index contributed by atoms with van der Waals surface area (Å²) in [4.78, 5) is 42.0. The van der Waals surface area contributed by atoms with Crippen LogP contribution in [0.3, 0.4) is 0 Å². The number of furan rings is 1. The third-order valence-corrected chi connectivity index (χ3v) is 8.81. The van der Waals surface area contributed by atoms with Crippen LogP contribution in [0.25, 0.3) is 22.3 Å². The van der Waals surface area contributed by atoms with E-state index in [1.807, 2.05) is 67.6 Å². The van der Waals surface area contributed by atoms with Gasteiger partial charge in [0.05, 0.1) is 22.3 Å². The van der Waals surface area contributed by atoms with Gasteiger partial charge in [0.25, 0.3) is 11.8 Å². The Hall–Kier alpha value is -3.60. The largest absolute Gasteiger partial charge is 0.455 e. The molecule has 1 atom stereocenters. The van der Waals surface area contributed by atoms with Crippen molar-refractivity contribution in [1.82, 2.24) is 10.6 Å². The van der Waals surface area contributed by atoms with Crippen molar-refractivity contribution in [2.24, 2.45) is 5.73 Å². The number of nitrogens with one attached hydrogen (secondary N) is 2. The fourth-order valence-corrected chi connectivity index (χ4v) is 6.66. The number of halogens is 1. The molecule has 10 heteroatoms. The Morgan fingerprint density at radius 1 is 1.12 bits per heavy atom. The smallest absolute Gasteiger partial charge is 0.252 e. The molecular weight excluding hydrogens is 616 g/mol. The number of para-hydroxylation sites is 1. The maximum Gasteiger partial charge on any atom is 0.252 e. The summed E-state index contributed by atoms with van der Waals surface area (Å²) in [5.74, 6) is 0.371. The summed E-state index contributed by atoms with van der Waals surface area (Å²) in [5.41, 5.74) is 8.90. The Morgan fingerprint density at radius 3 is 2.62 bits per heavy atom. The van der Waals surface area contributed by atoms with Crippen LogP contribution in [0.4, 0.5) is 5.69 Å². The van der Waals surface area contributed by atoms with Crippen molar-refractivity contribution in [3.8, 4) is 11.3 Å². The van der Waals surface area contributed by atoms with E-state index in [2.05, 4.69) is 26.6 Å². The molecule has 0 unspecified atom stereocenters. The first-order valence-corrected chi connectivity index (χ1v) is 15.5. The lowest BCUT2D eigenvalue weighted by atomic mass is 10.0. The van der Waals surface area contributed by atoms with Crippen molar-refractivity contribution in [3.63, 3.8) is 0 Å². The molecule has 42 heavy (non-hydrogen) atoms. The molecule has 218 valence electrons. The number of hydrogen-bond acceptors (Lipinski definition) is 6. The average molecular weight is 650 g/mol. The van der Waals surface area contributed by atoms with E-state index in [1.165, 1.54) is 0 Å². The minimum absolute atomic E-state index is 0.116. The molecule has 0 saturated carbocycles. The normalized spacial score (nSPS) is 15.3. The first-order valence-electron chi connectivity index (χ1n) is 13.8. The highest BCUT2D eigenvalue weighted by atomic mass is 79.9. The number of carbonyl (C=O) groups is 3. The number of hydrogen-bond donors (Lipinski definition) is 3. The van der Waals surface area contributed by atoms with Crippen LogP contribution in [-0.4, -0.2) is 41.6 Å². The zero-order valence-corrected chi connectivity index (χ0v) is 26.1. The maximum absolute atomic E-state index is 13.9. The number of carbonyl (C=O) groups excluding carboxylic acids is 3. The number of thioether (sulfide) groups is 1. The predicted octanol–water partition coefficient (Wildman–Crippen LogP) is 5.86. The highest BCUT2D eigenvalue weighted by Gasteiger charge is 2.33. The molecule has 2 heterocycles. The molecule has 4 aromatic rings. The van der Waals surface area contributed by atoms with Crippen LogP contribution in [0.2, 0.25) is 0 Å². The lowest BCUT2D eigenvalue weighted by Crippen LogP contribution is -2.51. The Balaban J connectivity index is 1.48. The third kappa shape index (κ3) is 6.40. The van der Waals surface area contributed by atoms with Crippen molar-refractivity contribution in [2.75, 3.05) is 17.2 Å². The Morgan fingerprint density at radius 2 is 1.86 bits per heavy atom. The van der Waals surface area contributed by atoms with Gasteiger partial charge in [-0.05, 0) is 72.6 Å². The lowest BCUT2D eigenvalue weighted by molar-refractivity contribution is -0.127.